The van der Waals surface area contributed by atoms with Crippen LogP contribution in [0.1, 0.15) is 11.3 Å². The largest absolute Gasteiger partial charge is 0.479 e. The number of oxazole rings is 1. The first kappa shape index (κ1) is 15.4. The van der Waals surface area contributed by atoms with Gasteiger partial charge in [-0.25, -0.2) is 9.37 Å². The third-order valence-corrected chi connectivity index (χ3v) is 3.80. The van der Waals surface area contributed by atoms with Crippen LogP contribution in [0.4, 0.5) is 10.1 Å². The normalized spacial score (nSPS) is 11.3. The fourth-order valence-electron chi connectivity index (χ4n) is 2.01. The summed E-state index contributed by atoms with van der Waals surface area (Å²) in [5, 5.41) is 9.82. The van der Waals surface area contributed by atoms with Crippen LogP contribution in [0.2, 0.25) is 0 Å². The van der Waals surface area contributed by atoms with E-state index in [2.05, 4.69) is 25.9 Å². The molecule has 3 aromatic rings. The monoisotopic (exact) mass is 374 g/mol. The van der Waals surface area contributed by atoms with Gasteiger partial charge in [-0.05, 0) is 52.7 Å². The number of benzene rings is 2. The number of rotatable bonds is 3. The third kappa shape index (κ3) is 3.32. The van der Waals surface area contributed by atoms with Gasteiger partial charge in [-0.15, -0.1) is 0 Å². The molecule has 0 spiro atoms. The lowest BCUT2D eigenvalue weighted by molar-refractivity contribution is 0.336. The molecule has 0 amide bonds. The van der Waals surface area contributed by atoms with Crippen LogP contribution < -0.4 is 0 Å². The molecule has 0 aliphatic rings. The molecular weight excluding hydrogens is 363 g/mol. The van der Waals surface area contributed by atoms with Gasteiger partial charge in [0, 0.05) is 4.47 Å². The Hall–Kier alpha value is -2.47. The SMILES string of the molecule is Cc1ccc(N=Cc2nc(-c3ccccc3F)oc2O)c(Br)c1. The van der Waals surface area contributed by atoms with Crippen LogP contribution in [-0.2, 0) is 0 Å². The predicted octanol–water partition coefficient (Wildman–Crippen LogP) is 5.01. The second-order valence-corrected chi connectivity index (χ2v) is 5.76. The highest BCUT2D eigenvalue weighted by atomic mass is 79.9. The molecule has 1 N–H and O–H groups in total. The molecule has 1 aromatic heterocycles. The standard InChI is InChI=1S/C17H12BrFN2O2/c1-10-6-7-14(12(18)8-10)20-9-15-17(22)23-16(21-15)11-4-2-3-5-13(11)19/h2-9,22H,1H3. The summed E-state index contributed by atoms with van der Waals surface area (Å²) in [6.07, 6.45) is 1.37. The Bertz CT molecular complexity index is 890. The summed E-state index contributed by atoms with van der Waals surface area (Å²) in [6.45, 7) is 1.97. The number of aryl methyl sites for hydroxylation is 1. The minimum Gasteiger partial charge on any atom is -0.479 e. The molecule has 23 heavy (non-hydrogen) atoms. The maximum Gasteiger partial charge on any atom is 0.312 e. The Morgan fingerprint density at radius 2 is 2.04 bits per heavy atom. The van der Waals surface area contributed by atoms with E-state index in [9.17, 15) is 9.50 Å². The van der Waals surface area contributed by atoms with Crippen molar-refractivity contribution >= 4 is 27.8 Å². The van der Waals surface area contributed by atoms with Crippen molar-refractivity contribution in [3.63, 3.8) is 0 Å². The summed E-state index contributed by atoms with van der Waals surface area (Å²) >= 11 is 3.42. The van der Waals surface area contributed by atoms with E-state index in [-0.39, 0.29) is 17.1 Å². The van der Waals surface area contributed by atoms with Gasteiger partial charge < -0.3 is 9.52 Å². The minimum atomic E-state index is -0.474. The molecule has 3 rings (SSSR count). The van der Waals surface area contributed by atoms with Crippen molar-refractivity contribution in [3.8, 4) is 17.4 Å². The maximum absolute atomic E-state index is 13.7. The van der Waals surface area contributed by atoms with Crippen LogP contribution in [0, 0.1) is 12.7 Å². The zero-order chi connectivity index (χ0) is 16.4. The van der Waals surface area contributed by atoms with Crippen molar-refractivity contribution in [2.45, 2.75) is 6.92 Å². The van der Waals surface area contributed by atoms with E-state index in [4.69, 9.17) is 4.42 Å². The number of aliphatic imine (C=N–C) groups is 1. The molecule has 0 aliphatic heterocycles. The summed E-state index contributed by atoms with van der Waals surface area (Å²) in [7, 11) is 0. The average molecular weight is 375 g/mol. The van der Waals surface area contributed by atoms with Crippen LogP contribution in [0.3, 0.4) is 0 Å². The van der Waals surface area contributed by atoms with Gasteiger partial charge in [-0.1, -0.05) is 18.2 Å². The number of hydrogen-bond acceptors (Lipinski definition) is 4. The number of halogens is 2. The number of aromatic nitrogens is 1. The highest BCUT2D eigenvalue weighted by molar-refractivity contribution is 9.10. The molecule has 4 nitrogen and oxygen atoms in total. The molecular formula is C17H12BrFN2O2. The molecule has 0 radical (unpaired) electrons. The Labute approximate surface area is 140 Å². The van der Waals surface area contributed by atoms with Gasteiger partial charge in [-0.2, -0.15) is 0 Å². The van der Waals surface area contributed by atoms with Crippen LogP contribution >= 0.6 is 15.9 Å². The van der Waals surface area contributed by atoms with Gasteiger partial charge in [0.1, 0.15) is 5.82 Å². The summed E-state index contributed by atoms with van der Waals surface area (Å²) in [6, 6.07) is 11.7. The van der Waals surface area contributed by atoms with E-state index in [1.165, 1.54) is 18.3 Å². The quantitative estimate of drug-likeness (QED) is 0.655. The topological polar surface area (TPSA) is 58.6 Å². The molecule has 1 heterocycles. The van der Waals surface area contributed by atoms with E-state index in [1.54, 1.807) is 12.1 Å². The first-order chi connectivity index (χ1) is 11.0. The molecule has 6 heteroatoms. The number of aromatic hydroxyl groups is 1. The fourth-order valence-corrected chi connectivity index (χ4v) is 2.60. The third-order valence-electron chi connectivity index (χ3n) is 3.17. The Morgan fingerprint density at radius 3 is 2.78 bits per heavy atom. The number of nitrogens with zero attached hydrogens (tertiary/aromatic N) is 2. The van der Waals surface area contributed by atoms with Crippen molar-refractivity contribution in [1.82, 2.24) is 4.98 Å². The van der Waals surface area contributed by atoms with Crippen molar-refractivity contribution in [1.29, 1.82) is 0 Å². The molecule has 0 atom stereocenters. The molecule has 0 unspecified atom stereocenters. The first-order valence-corrected chi connectivity index (χ1v) is 7.59. The highest BCUT2D eigenvalue weighted by Gasteiger charge is 2.15. The lowest BCUT2D eigenvalue weighted by Gasteiger charge is -1.98. The smallest absolute Gasteiger partial charge is 0.312 e. The van der Waals surface area contributed by atoms with Gasteiger partial charge in [-0.3, -0.25) is 4.99 Å². The van der Waals surface area contributed by atoms with Crippen LogP contribution in [0.25, 0.3) is 11.5 Å². The number of hydrogen-bond donors (Lipinski definition) is 1. The molecule has 116 valence electrons. The van der Waals surface area contributed by atoms with E-state index >= 15 is 0 Å². The van der Waals surface area contributed by atoms with E-state index in [0.717, 1.165) is 10.0 Å². The van der Waals surface area contributed by atoms with Crippen molar-refractivity contribution in [2.24, 2.45) is 4.99 Å². The van der Waals surface area contributed by atoms with Crippen molar-refractivity contribution in [3.05, 3.63) is 64.0 Å². The Kier molecular flexibility index (Phi) is 4.25. The molecule has 2 aromatic carbocycles. The zero-order valence-electron chi connectivity index (χ0n) is 12.1. The van der Waals surface area contributed by atoms with Gasteiger partial charge in [0.05, 0.1) is 17.5 Å². The Balaban J connectivity index is 1.93. The summed E-state index contributed by atoms with van der Waals surface area (Å²) in [4.78, 5) is 8.34. The van der Waals surface area contributed by atoms with Crippen LogP contribution in [0.5, 0.6) is 5.95 Å². The Morgan fingerprint density at radius 1 is 1.26 bits per heavy atom. The first-order valence-electron chi connectivity index (χ1n) is 6.79. The average Bonchev–Trinajstić information content (AvgIpc) is 2.88. The van der Waals surface area contributed by atoms with E-state index < -0.39 is 11.8 Å². The molecule has 0 fully saturated rings. The van der Waals surface area contributed by atoms with Crippen molar-refractivity contribution < 1.29 is 13.9 Å². The van der Waals surface area contributed by atoms with Gasteiger partial charge in [0.25, 0.3) is 0 Å². The lowest BCUT2D eigenvalue weighted by atomic mass is 10.2. The van der Waals surface area contributed by atoms with Gasteiger partial charge >= 0.3 is 5.95 Å². The molecule has 0 saturated heterocycles. The summed E-state index contributed by atoms with van der Waals surface area (Å²) in [5.74, 6) is -0.876. The summed E-state index contributed by atoms with van der Waals surface area (Å²) < 4.78 is 19.7. The summed E-state index contributed by atoms with van der Waals surface area (Å²) in [5.41, 5.74) is 2.10. The van der Waals surface area contributed by atoms with Crippen LogP contribution in [0.15, 0.2) is 56.3 Å². The lowest BCUT2D eigenvalue weighted by Crippen LogP contribution is -1.85. The fraction of sp³-hybridized carbons (Fsp3) is 0.0588. The predicted molar refractivity (Wildman–Crippen MR) is 89.7 cm³/mol. The highest BCUT2D eigenvalue weighted by Crippen LogP contribution is 2.29. The zero-order valence-corrected chi connectivity index (χ0v) is 13.7. The van der Waals surface area contributed by atoms with Gasteiger partial charge in [0.2, 0.25) is 5.89 Å². The molecule has 0 saturated carbocycles. The second kappa shape index (κ2) is 6.34. The van der Waals surface area contributed by atoms with Crippen molar-refractivity contribution in [2.75, 3.05) is 0 Å². The minimum absolute atomic E-state index is 0.00465. The second-order valence-electron chi connectivity index (χ2n) is 4.90. The molecule has 0 bridgehead atoms. The molecule has 0 aliphatic carbocycles. The van der Waals surface area contributed by atoms with E-state index in [0.29, 0.717) is 5.69 Å². The maximum atomic E-state index is 13.7. The van der Waals surface area contributed by atoms with Crippen LogP contribution in [-0.4, -0.2) is 16.3 Å². The van der Waals surface area contributed by atoms with E-state index in [1.807, 2.05) is 25.1 Å². The van der Waals surface area contributed by atoms with Gasteiger partial charge in [0.15, 0.2) is 5.69 Å².